The van der Waals surface area contributed by atoms with Gasteiger partial charge in [-0.15, -0.1) is 11.3 Å². The quantitative estimate of drug-likeness (QED) is 0.527. The molecule has 0 fully saturated rings. The molecule has 2 N–H and O–H groups in total. The summed E-state index contributed by atoms with van der Waals surface area (Å²) in [6.07, 6.45) is 2.11. The fourth-order valence-corrected chi connectivity index (χ4v) is 3.99. The topological polar surface area (TPSA) is 80.0 Å². The summed E-state index contributed by atoms with van der Waals surface area (Å²) >= 11 is 6.70. The fraction of sp³-hybridized carbons (Fsp3) is 0.0556. The second kappa shape index (κ2) is 6.74. The van der Waals surface area contributed by atoms with Gasteiger partial charge < -0.3 is 9.40 Å². The highest BCUT2D eigenvalue weighted by atomic mass is 32.1. The Morgan fingerprint density at radius 1 is 1.23 bits per heavy atom. The molecule has 6 nitrogen and oxygen atoms in total. The van der Waals surface area contributed by atoms with Gasteiger partial charge in [-0.1, -0.05) is 30.3 Å². The number of furan rings is 1. The second-order valence-corrected chi connectivity index (χ2v) is 7.13. The third kappa shape index (κ3) is 3.12. The maximum atomic E-state index is 12.8. The number of hydrogen-bond donors (Lipinski definition) is 2. The minimum Gasteiger partial charge on any atom is -0.459 e. The molecule has 1 amide bonds. The van der Waals surface area contributed by atoms with Crippen molar-refractivity contribution in [3.8, 4) is 0 Å². The first kappa shape index (κ1) is 16.5. The highest BCUT2D eigenvalue weighted by Gasteiger charge is 2.14. The number of hydrogen-bond acceptors (Lipinski definition) is 5. The van der Waals surface area contributed by atoms with Gasteiger partial charge in [0.05, 0.1) is 11.6 Å². The molecule has 8 heteroatoms. The minimum absolute atomic E-state index is 0.0986. The zero-order chi connectivity index (χ0) is 18.1. The van der Waals surface area contributed by atoms with E-state index in [0.29, 0.717) is 10.2 Å². The van der Waals surface area contributed by atoms with E-state index in [1.54, 1.807) is 6.07 Å². The predicted octanol–water partition coefficient (Wildman–Crippen LogP) is 3.69. The first-order valence-corrected chi connectivity index (χ1v) is 9.01. The zero-order valence-corrected chi connectivity index (χ0v) is 15.0. The number of nitrogens with one attached hydrogen (secondary N) is 2. The van der Waals surface area contributed by atoms with Crippen LogP contribution in [0.5, 0.6) is 0 Å². The summed E-state index contributed by atoms with van der Waals surface area (Å²) < 4.78 is 6.19. The van der Waals surface area contributed by atoms with Crippen LogP contribution in [0.3, 0.4) is 0 Å². The van der Waals surface area contributed by atoms with Crippen molar-refractivity contribution in [2.75, 3.05) is 5.43 Å². The number of carbonyl (C=O) groups is 1. The van der Waals surface area contributed by atoms with Crippen molar-refractivity contribution in [1.29, 1.82) is 0 Å². The van der Waals surface area contributed by atoms with Gasteiger partial charge >= 0.3 is 5.91 Å². The summed E-state index contributed by atoms with van der Waals surface area (Å²) in [7, 11) is 0. The van der Waals surface area contributed by atoms with Gasteiger partial charge in [-0.3, -0.25) is 15.0 Å². The first-order valence-electron chi connectivity index (χ1n) is 7.78. The average molecular weight is 383 g/mol. The molecule has 0 unspecified atom stereocenters. The largest absolute Gasteiger partial charge is 0.459 e. The molecule has 0 aliphatic heterocycles. The van der Waals surface area contributed by atoms with Crippen molar-refractivity contribution in [2.45, 2.75) is 6.42 Å². The van der Waals surface area contributed by atoms with Crippen molar-refractivity contribution in [1.82, 2.24) is 9.66 Å². The second-order valence-electron chi connectivity index (χ2n) is 5.61. The van der Waals surface area contributed by atoms with Gasteiger partial charge in [0.15, 0.2) is 5.76 Å². The van der Waals surface area contributed by atoms with Crippen LogP contribution in [0.15, 0.2) is 64.0 Å². The third-order valence-electron chi connectivity index (χ3n) is 3.82. The van der Waals surface area contributed by atoms with Gasteiger partial charge in [-0.25, -0.2) is 0 Å². The molecule has 0 atom stereocenters. The summed E-state index contributed by atoms with van der Waals surface area (Å²) in [5.74, 6) is -0.447. The molecule has 0 spiro atoms. The Balaban J connectivity index is 1.71. The van der Waals surface area contributed by atoms with Gasteiger partial charge in [0.2, 0.25) is 4.77 Å². The van der Waals surface area contributed by atoms with Crippen molar-refractivity contribution < 1.29 is 9.21 Å². The van der Waals surface area contributed by atoms with Crippen LogP contribution in [-0.4, -0.2) is 15.6 Å². The van der Waals surface area contributed by atoms with Crippen LogP contribution < -0.4 is 11.0 Å². The Kier molecular flexibility index (Phi) is 4.27. The number of nitrogens with zero attached hydrogens (tertiary/aromatic N) is 1. The molecule has 4 aromatic rings. The molecule has 0 bridgehead atoms. The van der Waals surface area contributed by atoms with Crippen molar-refractivity contribution in [2.24, 2.45) is 0 Å². The van der Waals surface area contributed by atoms with Crippen LogP contribution in [0.2, 0.25) is 0 Å². The lowest BCUT2D eigenvalue weighted by Gasteiger charge is -2.06. The number of aromatic amines is 1. The average Bonchev–Trinajstić information content (AvgIpc) is 3.29. The highest BCUT2D eigenvalue weighted by molar-refractivity contribution is 7.71. The monoisotopic (exact) mass is 383 g/mol. The van der Waals surface area contributed by atoms with Crippen molar-refractivity contribution in [3.63, 3.8) is 0 Å². The van der Waals surface area contributed by atoms with Gasteiger partial charge in [0, 0.05) is 11.3 Å². The van der Waals surface area contributed by atoms with Crippen LogP contribution in [-0.2, 0) is 6.42 Å². The predicted molar refractivity (Wildman–Crippen MR) is 103 cm³/mol. The zero-order valence-electron chi connectivity index (χ0n) is 13.4. The first-order chi connectivity index (χ1) is 12.6. The molecular formula is C18H13N3O3S2. The fourth-order valence-electron chi connectivity index (χ4n) is 2.61. The van der Waals surface area contributed by atoms with Crippen molar-refractivity contribution in [3.05, 3.63) is 86.1 Å². The van der Waals surface area contributed by atoms with Crippen LogP contribution in [0.4, 0.5) is 0 Å². The number of H-pyrrole nitrogens is 1. The van der Waals surface area contributed by atoms with E-state index in [1.165, 1.54) is 23.7 Å². The number of rotatable bonds is 4. The summed E-state index contributed by atoms with van der Waals surface area (Å²) in [5.41, 5.74) is 3.25. The maximum Gasteiger partial charge on any atom is 0.305 e. The van der Waals surface area contributed by atoms with E-state index in [9.17, 15) is 9.59 Å². The van der Waals surface area contributed by atoms with Crippen LogP contribution in [0.25, 0.3) is 10.2 Å². The van der Waals surface area contributed by atoms with E-state index >= 15 is 0 Å². The van der Waals surface area contributed by atoms with Crippen LogP contribution in [0.1, 0.15) is 21.0 Å². The summed E-state index contributed by atoms with van der Waals surface area (Å²) in [6.45, 7) is 0. The van der Waals surface area contributed by atoms with E-state index < -0.39 is 5.91 Å². The van der Waals surface area contributed by atoms with Crippen LogP contribution >= 0.6 is 23.6 Å². The molecule has 0 aliphatic rings. The van der Waals surface area contributed by atoms with Crippen molar-refractivity contribution >= 4 is 39.7 Å². The molecule has 26 heavy (non-hydrogen) atoms. The normalized spacial score (nSPS) is 10.9. The Morgan fingerprint density at radius 3 is 2.77 bits per heavy atom. The van der Waals surface area contributed by atoms with E-state index in [1.807, 2.05) is 36.4 Å². The molecular weight excluding hydrogens is 370 g/mol. The van der Waals surface area contributed by atoms with Crippen LogP contribution in [0, 0.1) is 4.77 Å². The molecule has 0 saturated heterocycles. The molecule has 3 heterocycles. The molecule has 3 aromatic heterocycles. The Labute approximate surface area is 156 Å². The lowest BCUT2D eigenvalue weighted by atomic mass is 10.1. The maximum absolute atomic E-state index is 12.8. The van der Waals surface area contributed by atoms with E-state index in [-0.39, 0.29) is 16.1 Å². The molecule has 130 valence electrons. The smallest absolute Gasteiger partial charge is 0.305 e. The Hall–Kier alpha value is -2.97. The summed E-state index contributed by atoms with van der Waals surface area (Å²) in [6, 6.07) is 14.9. The number of carbonyl (C=O) groups excluding carboxylic acids is 1. The summed E-state index contributed by atoms with van der Waals surface area (Å²) in [4.78, 5) is 29.6. The Morgan fingerprint density at radius 2 is 2.04 bits per heavy atom. The molecule has 1 aromatic carbocycles. The van der Waals surface area contributed by atoms with Gasteiger partial charge in [-0.2, -0.15) is 4.68 Å². The van der Waals surface area contributed by atoms with Gasteiger partial charge in [0.1, 0.15) is 4.83 Å². The number of aromatic nitrogens is 2. The summed E-state index contributed by atoms with van der Waals surface area (Å²) in [5, 5.41) is 0.481. The van der Waals surface area contributed by atoms with E-state index in [2.05, 4.69) is 10.4 Å². The standard InChI is InChI=1S/C18H13N3O3S2/c22-15(14-7-4-8-24-14)20-21-17(23)13-10-12(26-16(13)19-18(21)25)9-11-5-2-1-3-6-11/h1-8,10H,9H2,(H,19,25)(H,20,22). The van der Waals surface area contributed by atoms with Gasteiger partial charge in [0.25, 0.3) is 5.56 Å². The number of amides is 1. The third-order valence-corrected chi connectivity index (χ3v) is 5.15. The lowest BCUT2D eigenvalue weighted by Crippen LogP contribution is -2.34. The number of thiophene rings is 1. The highest BCUT2D eigenvalue weighted by Crippen LogP contribution is 2.23. The Bertz CT molecular complexity index is 1190. The molecule has 0 saturated carbocycles. The molecule has 0 radical (unpaired) electrons. The van der Waals surface area contributed by atoms with E-state index in [4.69, 9.17) is 16.6 Å². The molecule has 0 aliphatic carbocycles. The van der Waals surface area contributed by atoms with E-state index in [0.717, 1.165) is 21.5 Å². The number of benzene rings is 1. The van der Waals surface area contributed by atoms with Gasteiger partial charge in [-0.05, 0) is 36.0 Å². The lowest BCUT2D eigenvalue weighted by molar-refractivity contribution is 0.0980. The molecule has 4 rings (SSSR count). The SMILES string of the molecule is O=C(Nn1c(=S)[nH]c2sc(Cc3ccccc3)cc2c1=O)c1ccco1. The number of fused-ring (bicyclic) bond motifs is 1. The minimum atomic E-state index is -0.546.